The maximum absolute atomic E-state index is 13.6. The predicted molar refractivity (Wildman–Crippen MR) is 151 cm³/mol. The van der Waals surface area contributed by atoms with Crippen LogP contribution in [0.5, 0.6) is 5.75 Å². The summed E-state index contributed by atoms with van der Waals surface area (Å²) in [6.07, 6.45) is 1.92. The van der Waals surface area contributed by atoms with E-state index in [1.807, 2.05) is 37.3 Å². The van der Waals surface area contributed by atoms with Crippen LogP contribution in [0.1, 0.15) is 64.7 Å². The van der Waals surface area contributed by atoms with Crippen LogP contribution in [0.2, 0.25) is 0 Å². The van der Waals surface area contributed by atoms with Gasteiger partial charge in [-0.2, -0.15) is 0 Å². The number of ether oxygens (including phenoxy) is 1. The summed E-state index contributed by atoms with van der Waals surface area (Å²) in [5.41, 5.74) is 4.40. The van der Waals surface area contributed by atoms with Crippen LogP contribution in [0.3, 0.4) is 0 Å². The number of pyridine rings is 1. The van der Waals surface area contributed by atoms with Crippen molar-refractivity contribution in [1.29, 1.82) is 0 Å². The van der Waals surface area contributed by atoms with Gasteiger partial charge < -0.3 is 24.9 Å². The molecule has 2 aromatic heterocycles. The first-order chi connectivity index (χ1) is 18.8. The smallest absolute Gasteiger partial charge is 0.256 e. The number of fused-ring (bicyclic) bond motifs is 1. The number of methoxy groups -OCH3 is 1. The van der Waals surface area contributed by atoms with Gasteiger partial charge in [0.1, 0.15) is 11.6 Å². The number of piperidine rings is 1. The molecule has 1 saturated heterocycles. The first-order valence-corrected chi connectivity index (χ1v) is 13.4. The van der Waals surface area contributed by atoms with Crippen LogP contribution in [0.25, 0.3) is 10.9 Å². The van der Waals surface area contributed by atoms with Gasteiger partial charge in [0.05, 0.1) is 24.8 Å². The molecule has 3 unspecified atom stereocenters. The topological polar surface area (TPSA) is 88.2 Å². The van der Waals surface area contributed by atoms with Crippen molar-refractivity contribution in [1.82, 2.24) is 20.2 Å². The fourth-order valence-corrected chi connectivity index (χ4v) is 6.04. The minimum Gasteiger partial charge on any atom is -0.496 e. The number of para-hydroxylation sites is 1. The van der Waals surface area contributed by atoms with Crippen LogP contribution in [0.15, 0.2) is 59.4 Å². The molecule has 0 bridgehead atoms. The summed E-state index contributed by atoms with van der Waals surface area (Å²) in [7, 11) is 1.51. The van der Waals surface area contributed by atoms with E-state index in [1.54, 1.807) is 13.0 Å². The Morgan fingerprint density at radius 1 is 1.18 bits per heavy atom. The molecule has 1 amide bonds. The number of rotatable bonds is 7. The molecule has 39 heavy (non-hydrogen) atoms. The van der Waals surface area contributed by atoms with Crippen LogP contribution in [0, 0.1) is 25.6 Å². The van der Waals surface area contributed by atoms with Gasteiger partial charge in [-0.05, 0) is 75.9 Å². The van der Waals surface area contributed by atoms with E-state index in [4.69, 9.17) is 4.74 Å². The minimum absolute atomic E-state index is 0.0553. The average Bonchev–Trinajstić information content (AvgIpc) is 3.23. The zero-order valence-electron chi connectivity index (χ0n) is 22.8. The van der Waals surface area contributed by atoms with Crippen molar-refractivity contribution in [2.75, 3.05) is 13.7 Å². The highest BCUT2D eigenvalue weighted by Gasteiger charge is 2.31. The summed E-state index contributed by atoms with van der Waals surface area (Å²) in [6, 6.07) is 16.7. The largest absolute Gasteiger partial charge is 0.496 e. The highest BCUT2D eigenvalue weighted by Crippen LogP contribution is 2.38. The lowest BCUT2D eigenvalue weighted by Crippen LogP contribution is -2.35. The number of hydrogen-bond acceptors (Lipinski definition) is 4. The predicted octanol–water partition coefficient (Wildman–Crippen LogP) is 5.33. The second-order valence-corrected chi connectivity index (χ2v) is 10.4. The Hall–Kier alpha value is -3.91. The molecule has 3 atom stereocenters. The van der Waals surface area contributed by atoms with Crippen molar-refractivity contribution in [3.05, 3.63) is 98.8 Å². The Morgan fingerprint density at radius 2 is 1.92 bits per heavy atom. The number of nitrogens with zero attached hydrogens (tertiary/aromatic N) is 1. The van der Waals surface area contributed by atoms with Crippen molar-refractivity contribution in [2.24, 2.45) is 5.92 Å². The molecule has 3 heterocycles. The first kappa shape index (κ1) is 26.7. The second-order valence-electron chi connectivity index (χ2n) is 10.4. The molecular formula is C31H35FN4O3. The molecular weight excluding hydrogens is 495 g/mol. The second kappa shape index (κ2) is 11.1. The van der Waals surface area contributed by atoms with Gasteiger partial charge >= 0.3 is 0 Å². The van der Waals surface area contributed by atoms with Crippen molar-refractivity contribution >= 4 is 16.8 Å². The molecule has 0 spiro atoms. The summed E-state index contributed by atoms with van der Waals surface area (Å²) in [4.78, 5) is 28.9. The minimum atomic E-state index is -0.276. The third kappa shape index (κ3) is 5.21. The number of benzene rings is 2. The zero-order chi connectivity index (χ0) is 27.7. The normalized spacial score (nSPS) is 18.2. The highest BCUT2D eigenvalue weighted by molar-refractivity contribution is 6.08. The van der Waals surface area contributed by atoms with Crippen LogP contribution in [-0.4, -0.2) is 29.1 Å². The quantitative estimate of drug-likeness (QED) is 0.302. The van der Waals surface area contributed by atoms with Crippen LogP contribution >= 0.6 is 0 Å². The maximum Gasteiger partial charge on any atom is 0.256 e. The molecule has 0 saturated carbocycles. The molecule has 3 N–H and O–H groups in total. The summed E-state index contributed by atoms with van der Waals surface area (Å²) in [5.74, 6) is 0.351. The molecule has 7 nitrogen and oxygen atoms in total. The third-order valence-corrected chi connectivity index (χ3v) is 8.06. The van der Waals surface area contributed by atoms with E-state index >= 15 is 0 Å². The lowest BCUT2D eigenvalue weighted by molar-refractivity contribution is 0.0951. The first-order valence-electron chi connectivity index (χ1n) is 13.4. The molecule has 1 fully saturated rings. The van der Waals surface area contributed by atoms with Crippen molar-refractivity contribution in [2.45, 2.75) is 52.2 Å². The number of aryl methyl sites for hydroxylation is 1. The molecule has 8 heteroatoms. The SMILES string of the molecule is COc1cc(C)[nH]c(=O)c1CNC(=O)c1c(C)n(C(C)C2CCNC(c3ccc(F)cc3)C2)c2ccccc12. The Bertz CT molecular complexity index is 1560. The van der Waals surface area contributed by atoms with Crippen LogP contribution in [0.4, 0.5) is 4.39 Å². The van der Waals surface area contributed by atoms with E-state index in [-0.39, 0.29) is 35.9 Å². The van der Waals surface area contributed by atoms with E-state index in [2.05, 4.69) is 33.2 Å². The van der Waals surface area contributed by atoms with E-state index in [0.717, 1.165) is 41.5 Å². The molecule has 1 aliphatic rings. The highest BCUT2D eigenvalue weighted by atomic mass is 19.1. The average molecular weight is 531 g/mol. The summed E-state index contributed by atoms with van der Waals surface area (Å²) < 4.78 is 21.2. The molecule has 1 aliphatic heterocycles. The molecule has 0 aliphatic carbocycles. The fraction of sp³-hybridized carbons (Fsp3) is 0.355. The molecule has 2 aromatic carbocycles. The summed E-state index contributed by atoms with van der Waals surface area (Å²) in [6.45, 7) is 6.92. The van der Waals surface area contributed by atoms with E-state index in [0.29, 0.717) is 28.5 Å². The lowest BCUT2D eigenvalue weighted by Gasteiger charge is -2.35. The number of amides is 1. The number of carbonyl (C=O) groups is 1. The Morgan fingerprint density at radius 3 is 2.67 bits per heavy atom. The molecule has 204 valence electrons. The lowest BCUT2D eigenvalue weighted by atomic mass is 9.84. The van der Waals surface area contributed by atoms with Crippen LogP contribution in [-0.2, 0) is 6.54 Å². The van der Waals surface area contributed by atoms with E-state index < -0.39 is 0 Å². The van der Waals surface area contributed by atoms with Crippen molar-refractivity contribution < 1.29 is 13.9 Å². The Labute approximate surface area is 227 Å². The zero-order valence-corrected chi connectivity index (χ0v) is 22.8. The standard InChI is InChI=1S/C31H35FN4O3/c1-18-15-28(39-4)25(30(37)35-18)17-34-31(38)29-20(3)36(27-8-6-5-7-24(27)29)19(2)22-13-14-33-26(16-22)21-9-11-23(32)12-10-21/h5-12,15,19,22,26,33H,13-14,16-17H2,1-4H3,(H,34,38)(H,35,37). The van der Waals surface area contributed by atoms with Gasteiger partial charge in [0.15, 0.2) is 0 Å². The van der Waals surface area contributed by atoms with Gasteiger partial charge in [0, 0.05) is 34.4 Å². The van der Waals surface area contributed by atoms with Gasteiger partial charge in [0.2, 0.25) is 0 Å². The van der Waals surface area contributed by atoms with Gasteiger partial charge in [-0.3, -0.25) is 9.59 Å². The monoisotopic (exact) mass is 530 g/mol. The number of H-pyrrole nitrogens is 1. The number of carbonyl (C=O) groups excluding carboxylic acids is 1. The van der Waals surface area contributed by atoms with E-state index in [9.17, 15) is 14.0 Å². The summed E-state index contributed by atoms with van der Waals surface area (Å²) >= 11 is 0. The van der Waals surface area contributed by atoms with Gasteiger partial charge in [-0.15, -0.1) is 0 Å². The number of hydrogen-bond donors (Lipinski definition) is 3. The van der Waals surface area contributed by atoms with Crippen molar-refractivity contribution in [3.63, 3.8) is 0 Å². The Kier molecular flexibility index (Phi) is 7.57. The fourth-order valence-electron chi connectivity index (χ4n) is 6.04. The Balaban J connectivity index is 1.43. The molecule has 5 rings (SSSR count). The number of aromatic amines is 1. The number of aromatic nitrogens is 2. The molecule has 4 aromatic rings. The molecule has 0 radical (unpaired) electrons. The van der Waals surface area contributed by atoms with Gasteiger partial charge in [0.25, 0.3) is 11.5 Å². The van der Waals surface area contributed by atoms with Gasteiger partial charge in [-0.25, -0.2) is 4.39 Å². The summed E-state index contributed by atoms with van der Waals surface area (Å²) in [5, 5.41) is 7.42. The van der Waals surface area contributed by atoms with E-state index in [1.165, 1.54) is 19.2 Å². The number of halogens is 1. The third-order valence-electron chi connectivity index (χ3n) is 8.06. The van der Waals surface area contributed by atoms with Gasteiger partial charge in [-0.1, -0.05) is 30.3 Å². The van der Waals surface area contributed by atoms with Crippen molar-refractivity contribution in [3.8, 4) is 5.75 Å². The number of nitrogens with one attached hydrogen (secondary N) is 3. The maximum atomic E-state index is 13.6. The van der Waals surface area contributed by atoms with Crippen LogP contribution < -0.4 is 20.9 Å².